The van der Waals surface area contributed by atoms with Gasteiger partial charge in [0.05, 0.1) is 4.90 Å². The summed E-state index contributed by atoms with van der Waals surface area (Å²) in [7, 11) is -4.47. The molecule has 5 nitrogen and oxygen atoms in total. The second-order valence-corrected chi connectivity index (χ2v) is 6.78. The van der Waals surface area contributed by atoms with E-state index < -0.39 is 20.8 Å². The molecule has 0 unspecified atom stereocenters. The molecule has 106 valence electrons. The van der Waals surface area contributed by atoms with Crippen LogP contribution in [0.3, 0.4) is 0 Å². The zero-order chi connectivity index (χ0) is 15.4. The summed E-state index contributed by atoms with van der Waals surface area (Å²) in [6, 6.07) is 8.44. The molecule has 7 heteroatoms. The van der Waals surface area contributed by atoms with Gasteiger partial charge in [0.25, 0.3) is 10.1 Å². The van der Waals surface area contributed by atoms with E-state index in [2.05, 4.69) is 15.9 Å². The van der Waals surface area contributed by atoms with E-state index in [0.717, 1.165) is 12.1 Å². The number of carbonyl (C=O) groups is 2. The Morgan fingerprint density at radius 2 is 1.48 bits per heavy atom. The maximum Gasteiger partial charge on any atom is 0.294 e. The second kappa shape index (κ2) is 4.59. The van der Waals surface area contributed by atoms with Gasteiger partial charge in [0.2, 0.25) is 0 Å². The van der Waals surface area contributed by atoms with Gasteiger partial charge in [-0.25, -0.2) is 0 Å². The van der Waals surface area contributed by atoms with Crippen LogP contribution in [0.4, 0.5) is 0 Å². The van der Waals surface area contributed by atoms with Gasteiger partial charge in [-0.05, 0) is 28.1 Å². The number of carbonyl (C=O) groups excluding carboxylic acids is 2. The van der Waals surface area contributed by atoms with Crippen LogP contribution >= 0.6 is 15.9 Å². The highest BCUT2D eigenvalue weighted by Crippen LogP contribution is 2.34. The molecule has 0 spiro atoms. The molecule has 0 aliphatic heterocycles. The van der Waals surface area contributed by atoms with Gasteiger partial charge in [-0.2, -0.15) is 8.42 Å². The number of rotatable bonds is 1. The smallest absolute Gasteiger partial charge is 0.289 e. The third kappa shape index (κ3) is 2.14. The third-order valence-corrected chi connectivity index (χ3v) is 4.71. The SMILES string of the molecule is O=C1c2ccccc2C(=O)c2c(Br)cc(S(=O)(=O)O)cc21. The first-order valence-corrected chi connectivity index (χ1v) is 8.03. The van der Waals surface area contributed by atoms with Crippen LogP contribution in [0.2, 0.25) is 0 Å². The van der Waals surface area contributed by atoms with E-state index in [4.69, 9.17) is 4.55 Å². The van der Waals surface area contributed by atoms with Crippen molar-refractivity contribution in [2.45, 2.75) is 4.90 Å². The molecule has 0 heterocycles. The Balaban J connectivity index is 2.36. The Bertz CT molecular complexity index is 915. The second-order valence-electron chi connectivity index (χ2n) is 4.51. The molecule has 3 rings (SSSR count). The van der Waals surface area contributed by atoms with Crippen LogP contribution in [0.5, 0.6) is 0 Å². The lowest BCUT2D eigenvalue weighted by atomic mass is 9.84. The Morgan fingerprint density at radius 3 is 2.05 bits per heavy atom. The summed E-state index contributed by atoms with van der Waals surface area (Å²) < 4.78 is 31.8. The fraction of sp³-hybridized carbons (Fsp3) is 0. The van der Waals surface area contributed by atoms with E-state index in [9.17, 15) is 18.0 Å². The van der Waals surface area contributed by atoms with E-state index in [1.807, 2.05) is 0 Å². The molecule has 0 fully saturated rings. The summed E-state index contributed by atoms with van der Waals surface area (Å²) >= 11 is 3.10. The maximum absolute atomic E-state index is 12.4. The molecule has 2 aromatic carbocycles. The minimum atomic E-state index is -4.47. The molecule has 0 aromatic heterocycles. The number of hydrogen-bond donors (Lipinski definition) is 1. The first kappa shape index (κ1) is 14.1. The normalized spacial score (nSPS) is 13.8. The number of halogens is 1. The fourth-order valence-corrected chi connectivity index (χ4v) is 3.62. The Kier molecular flexibility index (Phi) is 3.09. The van der Waals surface area contributed by atoms with Crippen LogP contribution in [-0.2, 0) is 10.1 Å². The monoisotopic (exact) mass is 366 g/mol. The predicted molar refractivity (Wildman–Crippen MR) is 77.3 cm³/mol. The van der Waals surface area contributed by atoms with Crippen LogP contribution in [0, 0.1) is 0 Å². The lowest BCUT2D eigenvalue weighted by Crippen LogP contribution is -2.22. The Morgan fingerprint density at radius 1 is 0.905 bits per heavy atom. The molecule has 2 aromatic rings. The van der Waals surface area contributed by atoms with Gasteiger partial charge in [0.1, 0.15) is 0 Å². The predicted octanol–water partition coefficient (Wildman–Crippen LogP) is 2.47. The lowest BCUT2D eigenvalue weighted by Gasteiger charge is -2.19. The molecule has 1 aliphatic rings. The number of ketones is 2. The Hall–Kier alpha value is -1.83. The molecule has 1 aliphatic carbocycles. The van der Waals surface area contributed by atoms with Crippen molar-refractivity contribution in [2.75, 3.05) is 0 Å². The average Bonchev–Trinajstić information content (AvgIpc) is 2.43. The van der Waals surface area contributed by atoms with Crippen molar-refractivity contribution in [3.05, 3.63) is 63.1 Å². The van der Waals surface area contributed by atoms with E-state index in [0.29, 0.717) is 0 Å². The standard InChI is InChI=1S/C14H7BrO5S/c15-11-6-7(21(18,19)20)5-10-12(11)14(17)9-4-2-1-3-8(9)13(10)16/h1-6H,(H,18,19,20). The first-order valence-electron chi connectivity index (χ1n) is 5.80. The molecule has 0 radical (unpaired) electrons. The lowest BCUT2D eigenvalue weighted by molar-refractivity contribution is 0.0978. The van der Waals surface area contributed by atoms with Gasteiger partial charge >= 0.3 is 0 Å². The van der Waals surface area contributed by atoms with Gasteiger partial charge in [-0.1, -0.05) is 24.3 Å². The minimum absolute atomic E-state index is 0.0410. The summed E-state index contributed by atoms with van der Waals surface area (Å²) in [5.74, 6) is -0.819. The quantitative estimate of drug-likeness (QED) is 0.668. The van der Waals surface area contributed by atoms with E-state index in [1.54, 1.807) is 18.2 Å². The van der Waals surface area contributed by atoms with Crippen LogP contribution < -0.4 is 0 Å². The number of hydrogen-bond acceptors (Lipinski definition) is 4. The molecule has 1 N–H and O–H groups in total. The molecule has 0 saturated heterocycles. The molecule has 0 bridgehead atoms. The molecule has 0 saturated carbocycles. The summed E-state index contributed by atoms with van der Waals surface area (Å²) in [5.41, 5.74) is 0.552. The number of fused-ring (bicyclic) bond motifs is 2. The van der Waals surface area contributed by atoms with Crippen molar-refractivity contribution >= 4 is 37.6 Å². The summed E-state index contributed by atoms with van der Waals surface area (Å²) in [4.78, 5) is 24.4. The summed E-state index contributed by atoms with van der Waals surface area (Å²) in [6.45, 7) is 0. The third-order valence-electron chi connectivity index (χ3n) is 3.25. The van der Waals surface area contributed by atoms with E-state index in [1.165, 1.54) is 6.07 Å². The van der Waals surface area contributed by atoms with Crippen LogP contribution in [0.25, 0.3) is 0 Å². The molecular weight excluding hydrogens is 360 g/mol. The molecule has 0 amide bonds. The topological polar surface area (TPSA) is 88.5 Å². The summed E-state index contributed by atoms with van der Waals surface area (Å²) in [6.07, 6.45) is 0. The van der Waals surface area contributed by atoms with Crippen molar-refractivity contribution in [2.24, 2.45) is 0 Å². The van der Waals surface area contributed by atoms with Gasteiger partial charge in [-0.15, -0.1) is 0 Å². The van der Waals surface area contributed by atoms with Gasteiger partial charge in [0.15, 0.2) is 11.6 Å². The van der Waals surface area contributed by atoms with Crippen molar-refractivity contribution in [3.8, 4) is 0 Å². The number of benzene rings is 2. The molecule has 21 heavy (non-hydrogen) atoms. The summed E-state index contributed by atoms with van der Waals surface area (Å²) in [5, 5.41) is 0. The Labute approximate surface area is 128 Å². The highest BCUT2D eigenvalue weighted by atomic mass is 79.9. The van der Waals surface area contributed by atoms with Gasteiger partial charge in [-0.3, -0.25) is 14.1 Å². The molecular formula is C14H7BrO5S. The van der Waals surface area contributed by atoms with Crippen molar-refractivity contribution < 1.29 is 22.6 Å². The van der Waals surface area contributed by atoms with Gasteiger partial charge < -0.3 is 0 Å². The highest BCUT2D eigenvalue weighted by Gasteiger charge is 2.32. The van der Waals surface area contributed by atoms with Crippen LogP contribution in [0.15, 0.2) is 45.8 Å². The van der Waals surface area contributed by atoms with E-state index in [-0.39, 0.29) is 32.5 Å². The zero-order valence-electron chi connectivity index (χ0n) is 10.3. The highest BCUT2D eigenvalue weighted by molar-refractivity contribution is 9.10. The van der Waals surface area contributed by atoms with Crippen molar-refractivity contribution in [1.82, 2.24) is 0 Å². The van der Waals surface area contributed by atoms with Crippen molar-refractivity contribution in [1.29, 1.82) is 0 Å². The zero-order valence-corrected chi connectivity index (χ0v) is 12.7. The maximum atomic E-state index is 12.4. The van der Waals surface area contributed by atoms with Gasteiger partial charge in [0, 0.05) is 26.7 Å². The van der Waals surface area contributed by atoms with Crippen LogP contribution in [0.1, 0.15) is 31.8 Å². The molecule has 0 atom stereocenters. The van der Waals surface area contributed by atoms with E-state index >= 15 is 0 Å². The minimum Gasteiger partial charge on any atom is -0.289 e. The van der Waals surface area contributed by atoms with Crippen molar-refractivity contribution in [3.63, 3.8) is 0 Å². The average molecular weight is 367 g/mol. The first-order chi connectivity index (χ1) is 9.80. The fourth-order valence-electron chi connectivity index (χ4n) is 2.30. The van der Waals surface area contributed by atoms with Crippen LogP contribution in [-0.4, -0.2) is 24.5 Å². The largest absolute Gasteiger partial charge is 0.294 e.